The van der Waals surface area contributed by atoms with Crippen LogP contribution in [0.4, 0.5) is 5.69 Å². The Labute approximate surface area is 191 Å². The number of carbonyl (C=O) groups is 3. The lowest BCUT2D eigenvalue weighted by Crippen LogP contribution is -2.57. The summed E-state index contributed by atoms with van der Waals surface area (Å²) in [4.78, 5) is 44.8. The Morgan fingerprint density at radius 2 is 1.97 bits per heavy atom. The molecule has 5 rings (SSSR count). The van der Waals surface area contributed by atoms with Crippen LogP contribution in [0.25, 0.3) is 10.4 Å². The number of nitrogens with zero attached hydrogens (tertiary/aromatic N) is 4. The maximum atomic E-state index is 13.9. The van der Waals surface area contributed by atoms with E-state index in [1.165, 1.54) is 12.7 Å². The van der Waals surface area contributed by atoms with E-state index in [2.05, 4.69) is 10.0 Å². The lowest BCUT2D eigenvalue weighted by atomic mass is 9.62. The van der Waals surface area contributed by atoms with Crippen LogP contribution < -0.4 is 4.90 Å². The fourth-order valence-corrected chi connectivity index (χ4v) is 6.10. The van der Waals surface area contributed by atoms with Crippen molar-refractivity contribution in [2.45, 2.75) is 57.5 Å². The van der Waals surface area contributed by atoms with Gasteiger partial charge in [0.1, 0.15) is 5.78 Å². The predicted octanol–water partition coefficient (Wildman–Crippen LogP) is 5.48. The van der Waals surface area contributed by atoms with Crippen LogP contribution in [0.15, 0.2) is 46.1 Å². The van der Waals surface area contributed by atoms with E-state index in [1.807, 2.05) is 0 Å². The first kappa shape index (κ1) is 21.5. The van der Waals surface area contributed by atoms with Crippen LogP contribution in [0.3, 0.4) is 0 Å². The number of benzene rings is 1. The van der Waals surface area contributed by atoms with Gasteiger partial charge in [-0.25, -0.2) is 0 Å². The highest BCUT2D eigenvalue weighted by Crippen LogP contribution is 2.48. The number of hydrogen-bond acceptors (Lipinski definition) is 5. The molecule has 8 heteroatoms. The van der Waals surface area contributed by atoms with E-state index < -0.39 is 12.0 Å². The van der Waals surface area contributed by atoms with Gasteiger partial charge in [-0.15, -0.1) is 0 Å². The van der Waals surface area contributed by atoms with Crippen molar-refractivity contribution in [2.24, 2.45) is 22.9 Å². The second-order valence-electron chi connectivity index (χ2n) is 9.36. The lowest BCUT2D eigenvalue weighted by Gasteiger charge is -2.48. The Hall–Kier alpha value is -3.38. The van der Waals surface area contributed by atoms with E-state index >= 15 is 0 Å². The summed E-state index contributed by atoms with van der Waals surface area (Å²) in [6.07, 6.45) is 7.47. The van der Waals surface area contributed by atoms with E-state index in [0.717, 1.165) is 25.7 Å². The van der Waals surface area contributed by atoms with E-state index in [-0.39, 0.29) is 42.1 Å². The maximum absolute atomic E-state index is 13.9. The minimum atomic E-state index is -0.515. The van der Waals surface area contributed by atoms with Crippen LogP contribution in [0, 0.1) is 17.8 Å². The van der Waals surface area contributed by atoms with Crippen LogP contribution in [-0.4, -0.2) is 23.5 Å². The van der Waals surface area contributed by atoms with Gasteiger partial charge in [-0.2, -0.15) is 0 Å². The molecule has 0 spiro atoms. The third-order valence-electron chi connectivity index (χ3n) is 7.52. The Bertz CT molecular complexity index is 1130. The zero-order chi connectivity index (χ0) is 22.9. The smallest absolute Gasteiger partial charge is 0.294 e. The molecule has 1 aromatic heterocycles. The van der Waals surface area contributed by atoms with E-state index in [4.69, 9.17) is 9.95 Å². The molecule has 3 atom stereocenters. The molecule has 0 saturated heterocycles. The quantitative estimate of drug-likeness (QED) is 0.351. The molecule has 3 aliphatic rings. The maximum Gasteiger partial charge on any atom is 0.294 e. The molecule has 0 radical (unpaired) electrons. The summed E-state index contributed by atoms with van der Waals surface area (Å²) in [5.41, 5.74) is 10.4. The molecule has 1 amide bonds. The minimum Gasteiger partial charge on any atom is -0.459 e. The molecule has 1 aliphatic heterocycles. The Balaban J connectivity index is 1.62. The van der Waals surface area contributed by atoms with Gasteiger partial charge < -0.3 is 9.32 Å². The summed E-state index contributed by atoms with van der Waals surface area (Å²) in [6, 6.07) is 7.96. The summed E-state index contributed by atoms with van der Waals surface area (Å²) >= 11 is 0. The summed E-state index contributed by atoms with van der Waals surface area (Å²) in [7, 11) is 0. The van der Waals surface area contributed by atoms with Gasteiger partial charge in [0.05, 0.1) is 24.5 Å². The van der Waals surface area contributed by atoms with Gasteiger partial charge >= 0.3 is 0 Å². The number of ketones is 2. The Morgan fingerprint density at radius 3 is 2.70 bits per heavy atom. The monoisotopic (exact) mass is 446 g/mol. The first-order chi connectivity index (χ1) is 16.1. The third kappa shape index (κ3) is 3.85. The number of hydrogen-bond donors (Lipinski definition) is 0. The SMILES string of the molecule is [N-]=[N+]=NCc1ccc2c(c1)C(=O)[C@H]1[C@@H](C3CCCCC3)CC(=O)C[C@H]1N2C(=O)c1ccco1. The largest absolute Gasteiger partial charge is 0.459 e. The van der Waals surface area contributed by atoms with Crippen molar-refractivity contribution in [3.8, 4) is 0 Å². The number of carbonyl (C=O) groups excluding carboxylic acids is 3. The highest BCUT2D eigenvalue weighted by molar-refractivity contribution is 6.15. The minimum absolute atomic E-state index is 0.00986. The molecule has 0 N–H and O–H groups in total. The van der Waals surface area contributed by atoms with Crippen LogP contribution >= 0.6 is 0 Å². The average Bonchev–Trinajstić information content (AvgIpc) is 3.38. The summed E-state index contributed by atoms with van der Waals surface area (Å²) in [6.45, 7) is 0.127. The molecule has 2 aromatic rings. The fourth-order valence-electron chi connectivity index (χ4n) is 6.10. The number of fused-ring (bicyclic) bond motifs is 2. The second-order valence-corrected chi connectivity index (χ2v) is 9.36. The van der Waals surface area contributed by atoms with Crippen molar-refractivity contribution < 1.29 is 18.8 Å². The van der Waals surface area contributed by atoms with Gasteiger partial charge in [-0.05, 0) is 47.2 Å². The van der Waals surface area contributed by atoms with Crippen LogP contribution in [-0.2, 0) is 11.3 Å². The van der Waals surface area contributed by atoms with Crippen LogP contribution in [0.1, 0.15) is 71.4 Å². The van der Waals surface area contributed by atoms with Gasteiger partial charge in [0.25, 0.3) is 5.91 Å². The van der Waals surface area contributed by atoms with Crippen molar-refractivity contribution in [3.63, 3.8) is 0 Å². The zero-order valence-corrected chi connectivity index (χ0v) is 18.4. The van der Waals surface area contributed by atoms with Crippen LogP contribution in [0.5, 0.6) is 0 Å². The van der Waals surface area contributed by atoms with E-state index in [1.54, 1.807) is 35.2 Å². The number of anilines is 1. The highest BCUT2D eigenvalue weighted by Gasteiger charge is 2.52. The topological polar surface area (TPSA) is 116 Å². The molecule has 2 heterocycles. The molecule has 0 bridgehead atoms. The third-order valence-corrected chi connectivity index (χ3v) is 7.52. The van der Waals surface area contributed by atoms with Crippen molar-refractivity contribution in [2.75, 3.05) is 4.90 Å². The fraction of sp³-hybridized carbons (Fsp3) is 0.480. The molecule has 2 saturated carbocycles. The zero-order valence-electron chi connectivity index (χ0n) is 18.4. The molecule has 170 valence electrons. The summed E-state index contributed by atoms with van der Waals surface area (Å²) in [5, 5.41) is 3.62. The average molecular weight is 447 g/mol. The number of furan rings is 1. The second kappa shape index (κ2) is 8.87. The van der Waals surface area contributed by atoms with Crippen molar-refractivity contribution >= 4 is 23.2 Å². The van der Waals surface area contributed by atoms with Gasteiger partial charge in [0.2, 0.25) is 0 Å². The lowest BCUT2D eigenvalue weighted by molar-refractivity contribution is -0.123. The highest BCUT2D eigenvalue weighted by atomic mass is 16.3. The molecule has 8 nitrogen and oxygen atoms in total. The molecule has 2 aliphatic carbocycles. The molecule has 1 aromatic carbocycles. The van der Waals surface area contributed by atoms with Gasteiger partial charge in [-0.3, -0.25) is 14.4 Å². The van der Waals surface area contributed by atoms with Crippen molar-refractivity contribution in [1.29, 1.82) is 0 Å². The Morgan fingerprint density at radius 1 is 1.15 bits per heavy atom. The van der Waals surface area contributed by atoms with E-state index in [0.29, 0.717) is 29.2 Å². The van der Waals surface area contributed by atoms with Crippen molar-refractivity contribution in [3.05, 3.63) is 63.9 Å². The van der Waals surface area contributed by atoms with Crippen LogP contribution in [0.2, 0.25) is 0 Å². The number of azide groups is 1. The predicted molar refractivity (Wildman–Crippen MR) is 121 cm³/mol. The Kier molecular flexibility index (Phi) is 5.77. The molecular formula is C25H26N4O4. The molecular weight excluding hydrogens is 420 g/mol. The number of amides is 1. The van der Waals surface area contributed by atoms with Gasteiger partial charge in [0, 0.05) is 29.2 Å². The van der Waals surface area contributed by atoms with Gasteiger partial charge in [0.15, 0.2) is 11.5 Å². The van der Waals surface area contributed by atoms with Crippen molar-refractivity contribution in [1.82, 2.24) is 0 Å². The first-order valence-electron chi connectivity index (χ1n) is 11.6. The molecule has 2 fully saturated rings. The number of Topliss-reactive ketones (excluding diaryl/α,β-unsaturated/α-hetero) is 2. The first-order valence-corrected chi connectivity index (χ1v) is 11.6. The summed E-state index contributed by atoms with van der Waals surface area (Å²) < 4.78 is 5.40. The molecule has 33 heavy (non-hydrogen) atoms. The standard InChI is InChI=1S/C25H26N4O4/c26-28-27-14-15-8-9-20-19(11-15)24(31)23-18(16-5-2-1-3-6-16)12-17(30)13-21(23)29(20)25(32)22-7-4-10-33-22/h4,7-11,16,18,21,23H,1-3,5-6,12-14H2/t18-,21-,23+/m1/s1. The van der Waals surface area contributed by atoms with Gasteiger partial charge in [-0.1, -0.05) is 43.3 Å². The van der Waals surface area contributed by atoms with E-state index in [9.17, 15) is 14.4 Å². The molecule has 0 unspecified atom stereocenters. The normalized spacial score (nSPS) is 25.2. The summed E-state index contributed by atoms with van der Waals surface area (Å²) in [5.74, 6) is -0.238. The number of rotatable bonds is 4.